The van der Waals surface area contributed by atoms with Crippen molar-refractivity contribution in [1.82, 2.24) is 10.6 Å². The number of rotatable bonds is 7. The molecule has 138 valence electrons. The van der Waals surface area contributed by atoms with Crippen molar-refractivity contribution in [3.63, 3.8) is 0 Å². The average molecular weight is 357 g/mol. The SMILES string of the molecule is COc1cc(C#N)ccc1OCC(=O)NC(=O)NCCC1=CCCCC1. The van der Waals surface area contributed by atoms with Crippen LogP contribution in [0, 0.1) is 11.3 Å². The highest BCUT2D eigenvalue weighted by atomic mass is 16.5. The Labute approximate surface area is 153 Å². The number of carbonyl (C=O) groups is 2. The number of ether oxygens (including phenoxy) is 2. The molecule has 3 amide bonds. The largest absolute Gasteiger partial charge is 0.493 e. The van der Waals surface area contributed by atoms with E-state index in [0.29, 0.717) is 23.6 Å². The third kappa shape index (κ3) is 6.13. The number of benzene rings is 1. The van der Waals surface area contributed by atoms with Crippen LogP contribution in [0.15, 0.2) is 29.8 Å². The Kier molecular flexibility index (Phi) is 7.49. The zero-order valence-corrected chi connectivity index (χ0v) is 14.8. The fourth-order valence-electron chi connectivity index (χ4n) is 2.67. The van der Waals surface area contributed by atoms with E-state index in [9.17, 15) is 9.59 Å². The van der Waals surface area contributed by atoms with Gasteiger partial charge in [0, 0.05) is 12.6 Å². The first kappa shape index (κ1) is 19.3. The minimum Gasteiger partial charge on any atom is -0.493 e. The standard InChI is InChI=1S/C19H23N3O4/c1-25-17-11-15(12-20)7-8-16(17)26-13-18(23)22-19(24)21-10-9-14-5-3-2-4-6-14/h5,7-8,11H,2-4,6,9-10,13H2,1H3,(H2,21,22,23,24). The van der Waals surface area contributed by atoms with Gasteiger partial charge < -0.3 is 14.8 Å². The van der Waals surface area contributed by atoms with Crippen LogP contribution < -0.4 is 20.1 Å². The molecule has 0 heterocycles. The molecule has 2 rings (SSSR count). The Hall–Kier alpha value is -3.01. The van der Waals surface area contributed by atoms with E-state index in [1.54, 1.807) is 12.1 Å². The summed E-state index contributed by atoms with van der Waals surface area (Å²) >= 11 is 0. The van der Waals surface area contributed by atoms with Crippen molar-refractivity contribution in [2.45, 2.75) is 32.1 Å². The van der Waals surface area contributed by atoms with Gasteiger partial charge in [-0.1, -0.05) is 11.6 Å². The molecule has 1 aliphatic carbocycles. The summed E-state index contributed by atoms with van der Waals surface area (Å²) in [5.74, 6) is 0.110. The monoisotopic (exact) mass is 357 g/mol. The summed E-state index contributed by atoms with van der Waals surface area (Å²) in [5.41, 5.74) is 1.78. The van der Waals surface area contributed by atoms with E-state index >= 15 is 0 Å². The molecule has 26 heavy (non-hydrogen) atoms. The molecule has 2 N–H and O–H groups in total. The summed E-state index contributed by atoms with van der Waals surface area (Å²) in [4.78, 5) is 23.5. The van der Waals surface area contributed by atoms with Crippen molar-refractivity contribution in [2.24, 2.45) is 0 Å². The molecule has 0 spiro atoms. The van der Waals surface area contributed by atoms with Crippen LogP contribution >= 0.6 is 0 Å². The first-order chi connectivity index (χ1) is 12.6. The van der Waals surface area contributed by atoms with Crippen molar-refractivity contribution in [3.8, 4) is 17.6 Å². The molecule has 1 aromatic rings. The second kappa shape index (κ2) is 10.1. The quantitative estimate of drug-likeness (QED) is 0.731. The third-order valence-electron chi connectivity index (χ3n) is 4.02. The maximum atomic E-state index is 11.8. The van der Waals surface area contributed by atoms with Crippen molar-refractivity contribution < 1.29 is 19.1 Å². The first-order valence-electron chi connectivity index (χ1n) is 8.59. The number of methoxy groups -OCH3 is 1. The van der Waals surface area contributed by atoms with Crippen molar-refractivity contribution in [3.05, 3.63) is 35.4 Å². The molecule has 0 fully saturated rings. The number of amides is 3. The molecule has 0 aliphatic heterocycles. The van der Waals surface area contributed by atoms with Crippen LogP contribution in [0.4, 0.5) is 4.79 Å². The number of imide groups is 1. The Morgan fingerprint density at radius 3 is 2.81 bits per heavy atom. The number of nitriles is 1. The highest BCUT2D eigenvalue weighted by Crippen LogP contribution is 2.27. The van der Waals surface area contributed by atoms with Gasteiger partial charge in [-0.2, -0.15) is 5.26 Å². The van der Waals surface area contributed by atoms with Crippen LogP contribution in [-0.4, -0.2) is 32.2 Å². The Morgan fingerprint density at radius 1 is 1.27 bits per heavy atom. The fourth-order valence-corrected chi connectivity index (χ4v) is 2.67. The normalized spacial score (nSPS) is 13.2. The van der Waals surface area contributed by atoms with Gasteiger partial charge in [0.25, 0.3) is 5.91 Å². The van der Waals surface area contributed by atoms with Gasteiger partial charge in [-0.05, 0) is 44.2 Å². The number of nitrogens with zero attached hydrogens (tertiary/aromatic N) is 1. The van der Waals surface area contributed by atoms with Gasteiger partial charge in [0.1, 0.15) is 0 Å². The summed E-state index contributed by atoms with van der Waals surface area (Å²) in [6.45, 7) is 0.163. The number of nitrogens with one attached hydrogen (secondary N) is 2. The van der Waals surface area contributed by atoms with E-state index < -0.39 is 11.9 Å². The summed E-state index contributed by atoms with van der Waals surface area (Å²) in [5, 5.41) is 13.8. The second-order valence-electron chi connectivity index (χ2n) is 5.93. The number of allylic oxidation sites excluding steroid dienone is 1. The number of hydrogen-bond donors (Lipinski definition) is 2. The molecular weight excluding hydrogens is 334 g/mol. The zero-order chi connectivity index (χ0) is 18.8. The lowest BCUT2D eigenvalue weighted by Crippen LogP contribution is -2.42. The zero-order valence-electron chi connectivity index (χ0n) is 14.8. The van der Waals surface area contributed by atoms with Crippen LogP contribution in [0.2, 0.25) is 0 Å². The smallest absolute Gasteiger partial charge is 0.321 e. The van der Waals surface area contributed by atoms with Gasteiger partial charge in [-0.25, -0.2) is 4.79 Å². The molecule has 0 radical (unpaired) electrons. The van der Waals surface area contributed by atoms with Crippen molar-refractivity contribution >= 4 is 11.9 Å². The maximum absolute atomic E-state index is 11.8. The van der Waals surface area contributed by atoms with Gasteiger partial charge in [-0.15, -0.1) is 0 Å². The summed E-state index contributed by atoms with van der Waals surface area (Å²) in [6, 6.07) is 6.07. The Bertz CT molecular complexity index is 722. The van der Waals surface area contributed by atoms with Gasteiger partial charge in [0.2, 0.25) is 0 Å². The molecular formula is C19H23N3O4. The van der Waals surface area contributed by atoms with Crippen LogP contribution in [0.5, 0.6) is 11.5 Å². The lowest BCUT2D eigenvalue weighted by Gasteiger charge is -2.13. The van der Waals surface area contributed by atoms with E-state index in [0.717, 1.165) is 19.3 Å². The number of hydrogen-bond acceptors (Lipinski definition) is 5. The van der Waals surface area contributed by atoms with Gasteiger partial charge >= 0.3 is 6.03 Å². The third-order valence-corrected chi connectivity index (χ3v) is 4.02. The maximum Gasteiger partial charge on any atom is 0.321 e. The lowest BCUT2D eigenvalue weighted by atomic mass is 9.97. The second-order valence-corrected chi connectivity index (χ2v) is 5.93. The van der Waals surface area contributed by atoms with Crippen molar-refractivity contribution in [1.29, 1.82) is 5.26 Å². The Morgan fingerprint density at radius 2 is 2.12 bits per heavy atom. The topological polar surface area (TPSA) is 100 Å². The van der Waals surface area contributed by atoms with E-state index in [2.05, 4.69) is 16.7 Å². The van der Waals surface area contributed by atoms with E-state index in [4.69, 9.17) is 14.7 Å². The molecule has 1 aliphatic rings. The highest BCUT2D eigenvalue weighted by molar-refractivity contribution is 5.95. The molecule has 0 atom stereocenters. The van der Waals surface area contributed by atoms with Crippen LogP contribution in [0.1, 0.15) is 37.7 Å². The van der Waals surface area contributed by atoms with Crippen LogP contribution in [0.25, 0.3) is 0 Å². The van der Waals surface area contributed by atoms with Gasteiger partial charge in [-0.3, -0.25) is 10.1 Å². The number of carbonyl (C=O) groups excluding carboxylic acids is 2. The molecule has 7 nitrogen and oxygen atoms in total. The molecule has 0 unspecified atom stereocenters. The predicted molar refractivity (Wildman–Crippen MR) is 95.9 cm³/mol. The van der Waals surface area contributed by atoms with E-state index in [1.807, 2.05) is 6.07 Å². The first-order valence-corrected chi connectivity index (χ1v) is 8.59. The summed E-state index contributed by atoms with van der Waals surface area (Å²) < 4.78 is 10.5. The predicted octanol–water partition coefficient (Wildman–Crippen LogP) is 2.66. The minimum absolute atomic E-state index is 0.325. The van der Waals surface area contributed by atoms with E-state index in [1.165, 1.54) is 31.6 Å². The van der Waals surface area contributed by atoms with Crippen molar-refractivity contribution in [2.75, 3.05) is 20.3 Å². The molecule has 0 bridgehead atoms. The minimum atomic E-state index is -0.564. The van der Waals surface area contributed by atoms with Crippen LogP contribution in [0.3, 0.4) is 0 Å². The molecule has 0 aromatic heterocycles. The van der Waals surface area contributed by atoms with Gasteiger partial charge in [0.05, 0.1) is 18.7 Å². The molecule has 1 aromatic carbocycles. The lowest BCUT2D eigenvalue weighted by molar-refractivity contribution is -0.122. The van der Waals surface area contributed by atoms with Crippen LogP contribution in [-0.2, 0) is 4.79 Å². The highest BCUT2D eigenvalue weighted by Gasteiger charge is 2.11. The summed E-state index contributed by atoms with van der Waals surface area (Å²) in [7, 11) is 1.44. The Balaban J connectivity index is 1.72. The number of urea groups is 1. The molecule has 0 saturated heterocycles. The fraction of sp³-hybridized carbons (Fsp3) is 0.421. The van der Waals surface area contributed by atoms with Gasteiger partial charge in [0.15, 0.2) is 18.1 Å². The molecule has 7 heteroatoms. The molecule has 0 saturated carbocycles. The summed E-state index contributed by atoms with van der Waals surface area (Å²) in [6.07, 6.45) is 7.66. The van der Waals surface area contributed by atoms with E-state index in [-0.39, 0.29) is 6.61 Å². The average Bonchev–Trinajstić information content (AvgIpc) is 2.67.